The topological polar surface area (TPSA) is 37.8 Å². The van der Waals surface area contributed by atoms with Gasteiger partial charge in [-0.1, -0.05) is 13.3 Å². The third kappa shape index (κ3) is 3.51. The van der Waals surface area contributed by atoms with Crippen LogP contribution in [0.15, 0.2) is 18.6 Å². The molecule has 72 valence electrons. The summed E-state index contributed by atoms with van der Waals surface area (Å²) >= 11 is 0. The summed E-state index contributed by atoms with van der Waals surface area (Å²) in [6, 6.07) is 0.306. The van der Waals surface area contributed by atoms with Crippen molar-refractivity contribution >= 4 is 0 Å². The van der Waals surface area contributed by atoms with Crippen LogP contribution in [0.1, 0.15) is 38.4 Å². The van der Waals surface area contributed by atoms with Gasteiger partial charge in [0, 0.05) is 24.6 Å². The van der Waals surface area contributed by atoms with Crippen LogP contribution in [0.4, 0.5) is 0 Å². The first kappa shape index (κ1) is 10.1. The van der Waals surface area contributed by atoms with E-state index in [0.717, 1.165) is 12.2 Å². The molecule has 0 aliphatic carbocycles. The van der Waals surface area contributed by atoms with E-state index in [0.29, 0.717) is 6.04 Å². The average Bonchev–Trinajstić information content (AvgIpc) is 2.19. The lowest BCUT2D eigenvalue weighted by Crippen LogP contribution is -2.20. The summed E-state index contributed by atoms with van der Waals surface area (Å²) in [7, 11) is 0. The van der Waals surface area contributed by atoms with Crippen molar-refractivity contribution in [1.82, 2.24) is 15.3 Å². The summed E-state index contributed by atoms with van der Waals surface area (Å²) in [6.07, 6.45) is 7.67. The van der Waals surface area contributed by atoms with Crippen LogP contribution in [0.3, 0.4) is 0 Å². The molecular formula is C10H17N3. The van der Waals surface area contributed by atoms with Gasteiger partial charge >= 0.3 is 0 Å². The average molecular weight is 179 g/mol. The number of nitrogens with zero attached hydrogens (tertiary/aromatic N) is 2. The molecule has 0 spiro atoms. The molecule has 1 atom stereocenters. The van der Waals surface area contributed by atoms with E-state index < -0.39 is 0 Å². The van der Waals surface area contributed by atoms with Crippen molar-refractivity contribution in [2.45, 2.75) is 32.7 Å². The molecule has 1 unspecified atom stereocenters. The molecule has 0 saturated heterocycles. The number of hydrogen-bond donors (Lipinski definition) is 1. The van der Waals surface area contributed by atoms with Crippen LogP contribution in [0.25, 0.3) is 0 Å². The Morgan fingerprint density at radius 2 is 2.31 bits per heavy atom. The normalized spacial score (nSPS) is 12.8. The molecule has 1 rings (SSSR count). The second kappa shape index (κ2) is 5.65. The SMILES string of the molecule is CCCCNC(C)c1cnccn1. The summed E-state index contributed by atoms with van der Waals surface area (Å²) < 4.78 is 0. The smallest absolute Gasteiger partial charge is 0.0753 e. The van der Waals surface area contributed by atoms with Crippen LogP contribution in [0, 0.1) is 0 Å². The third-order valence-corrected chi connectivity index (χ3v) is 2.01. The Balaban J connectivity index is 2.35. The number of rotatable bonds is 5. The van der Waals surface area contributed by atoms with Crippen LogP contribution in [-0.2, 0) is 0 Å². The van der Waals surface area contributed by atoms with Crippen molar-refractivity contribution < 1.29 is 0 Å². The summed E-state index contributed by atoms with van der Waals surface area (Å²) in [5, 5.41) is 3.40. The van der Waals surface area contributed by atoms with Crippen LogP contribution >= 0.6 is 0 Å². The van der Waals surface area contributed by atoms with Gasteiger partial charge in [0.2, 0.25) is 0 Å². The molecule has 0 fully saturated rings. The summed E-state index contributed by atoms with van der Waals surface area (Å²) in [5.41, 5.74) is 1.01. The van der Waals surface area contributed by atoms with Gasteiger partial charge in [-0.15, -0.1) is 0 Å². The van der Waals surface area contributed by atoms with Crippen LogP contribution in [0.2, 0.25) is 0 Å². The zero-order valence-corrected chi connectivity index (χ0v) is 8.33. The molecule has 1 aromatic heterocycles. The maximum absolute atomic E-state index is 4.23. The first-order chi connectivity index (χ1) is 6.34. The molecule has 3 nitrogen and oxygen atoms in total. The molecule has 0 amide bonds. The van der Waals surface area contributed by atoms with Crippen molar-refractivity contribution in [3.05, 3.63) is 24.3 Å². The largest absolute Gasteiger partial charge is 0.309 e. The highest BCUT2D eigenvalue weighted by atomic mass is 14.9. The van der Waals surface area contributed by atoms with Crippen LogP contribution in [-0.4, -0.2) is 16.5 Å². The van der Waals surface area contributed by atoms with Crippen molar-refractivity contribution in [2.75, 3.05) is 6.54 Å². The Bertz CT molecular complexity index is 223. The Labute approximate surface area is 79.6 Å². The Morgan fingerprint density at radius 3 is 2.92 bits per heavy atom. The van der Waals surface area contributed by atoms with Crippen LogP contribution in [0.5, 0.6) is 0 Å². The molecule has 0 saturated carbocycles. The molecule has 13 heavy (non-hydrogen) atoms. The van der Waals surface area contributed by atoms with E-state index in [4.69, 9.17) is 0 Å². The second-order valence-electron chi connectivity index (χ2n) is 3.16. The van der Waals surface area contributed by atoms with Gasteiger partial charge < -0.3 is 5.32 Å². The van der Waals surface area contributed by atoms with Crippen molar-refractivity contribution in [1.29, 1.82) is 0 Å². The zero-order valence-electron chi connectivity index (χ0n) is 8.33. The molecule has 0 aromatic carbocycles. The van der Waals surface area contributed by atoms with Gasteiger partial charge in [0.05, 0.1) is 5.69 Å². The van der Waals surface area contributed by atoms with Crippen molar-refractivity contribution in [3.8, 4) is 0 Å². The summed E-state index contributed by atoms with van der Waals surface area (Å²) in [5.74, 6) is 0. The minimum Gasteiger partial charge on any atom is -0.309 e. The molecule has 0 bridgehead atoms. The number of unbranched alkanes of at least 4 members (excludes halogenated alkanes) is 1. The minimum absolute atomic E-state index is 0.306. The van der Waals surface area contributed by atoms with E-state index in [-0.39, 0.29) is 0 Å². The highest BCUT2D eigenvalue weighted by Gasteiger charge is 2.03. The van der Waals surface area contributed by atoms with Crippen LogP contribution < -0.4 is 5.32 Å². The van der Waals surface area contributed by atoms with Gasteiger partial charge in [0.1, 0.15) is 0 Å². The minimum atomic E-state index is 0.306. The number of aromatic nitrogens is 2. The summed E-state index contributed by atoms with van der Waals surface area (Å²) in [4.78, 5) is 8.26. The van der Waals surface area contributed by atoms with Gasteiger partial charge in [-0.2, -0.15) is 0 Å². The molecule has 1 heterocycles. The highest BCUT2D eigenvalue weighted by molar-refractivity contribution is 5.00. The quantitative estimate of drug-likeness (QED) is 0.702. The molecule has 1 aromatic rings. The first-order valence-corrected chi connectivity index (χ1v) is 4.84. The maximum Gasteiger partial charge on any atom is 0.0753 e. The van der Waals surface area contributed by atoms with E-state index in [1.54, 1.807) is 12.4 Å². The lowest BCUT2D eigenvalue weighted by atomic mass is 10.2. The standard InChI is InChI=1S/C10H17N3/c1-3-4-5-12-9(2)10-8-11-6-7-13-10/h6-9,12H,3-5H2,1-2H3. The van der Waals surface area contributed by atoms with E-state index in [1.807, 2.05) is 6.20 Å². The predicted octanol–water partition coefficient (Wildman–Crippen LogP) is 1.93. The van der Waals surface area contributed by atoms with Gasteiger partial charge in [0.15, 0.2) is 0 Å². The highest BCUT2D eigenvalue weighted by Crippen LogP contribution is 2.05. The predicted molar refractivity (Wildman–Crippen MR) is 53.4 cm³/mol. The molecular weight excluding hydrogens is 162 g/mol. The number of hydrogen-bond acceptors (Lipinski definition) is 3. The Hall–Kier alpha value is -0.960. The fraction of sp³-hybridized carbons (Fsp3) is 0.600. The molecule has 3 heteroatoms. The van der Waals surface area contributed by atoms with E-state index >= 15 is 0 Å². The van der Waals surface area contributed by atoms with Crippen molar-refractivity contribution in [3.63, 3.8) is 0 Å². The Kier molecular flexibility index (Phi) is 4.40. The fourth-order valence-corrected chi connectivity index (χ4v) is 1.13. The zero-order chi connectivity index (χ0) is 9.52. The van der Waals surface area contributed by atoms with Gasteiger partial charge in [-0.25, -0.2) is 0 Å². The molecule has 0 radical (unpaired) electrons. The fourth-order valence-electron chi connectivity index (χ4n) is 1.13. The van der Waals surface area contributed by atoms with E-state index in [1.165, 1.54) is 12.8 Å². The van der Waals surface area contributed by atoms with E-state index in [2.05, 4.69) is 29.1 Å². The third-order valence-electron chi connectivity index (χ3n) is 2.01. The second-order valence-corrected chi connectivity index (χ2v) is 3.16. The number of nitrogens with one attached hydrogen (secondary N) is 1. The molecule has 0 aliphatic heterocycles. The lowest BCUT2D eigenvalue weighted by Gasteiger charge is -2.11. The van der Waals surface area contributed by atoms with Gasteiger partial charge in [-0.3, -0.25) is 9.97 Å². The summed E-state index contributed by atoms with van der Waals surface area (Å²) in [6.45, 7) is 5.35. The molecule has 1 N–H and O–H groups in total. The monoisotopic (exact) mass is 179 g/mol. The Morgan fingerprint density at radius 1 is 1.46 bits per heavy atom. The van der Waals surface area contributed by atoms with Gasteiger partial charge in [-0.05, 0) is 19.9 Å². The first-order valence-electron chi connectivity index (χ1n) is 4.84. The molecule has 0 aliphatic rings. The van der Waals surface area contributed by atoms with Crippen molar-refractivity contribution in [2.24, 2.45) is 0 Å². The maximum atomic E-state index is 4.23. The van der Waals surface area contributed by atoms with Gasteiger partial charge in [0.25, 0.3) is 0 Å². The van der Waals surface area contributed by atoms with E-state index in [9.17, 15) is 0 Å². The lowest BCUT2D eigenvalue weighted by molar-refractivity contribution is 0.542.